The largest absolute Gasteiger partial charge is 0.384 e. The first kappa shape index (κ1) is 10.1. The Morgan fingerprint density at radius 3 is 2.69 bits per heavy atom. The maximum absolute atomic E-state index is 12.3. The standard InChI is InChI=1S/C7H4F2IN3/c8-7(9)6-5(10)3(2-11)1-4(12)13-6/h1,7H,(H2,12,13). The smallest absolute Gasteiger partial charge is 0.281 e. The molecule has 0 aliphatic heterocycles. The Labute approximate surface area is 86.7 Å². The van der Waals surface area contributed by atoms with Crippen molar-refractivity contribution in [3.05, 3.63) is 20.9 Å². The molecule has 1 aromatic heterocycles. The van der Waals surface area contributed by atoms with Crippen LogP contribution in [-0.2, 0) is 0 Å². The van der Waals surface area contributed by atoms with Gasteiger partial charge in [0, 0.05) is 0 Å². The summed E-state index contributed by atoms with van der Waals surface area (Å²) in [6, 6.07) is 3.04. The van der Waals surface area contributed by atoms with E-state index in [4.69, 9.17) is 11.0 Å². The first-order chi connectivity index (χ1) is 6.06. The third-order valence-corrected chi connectivity index (χ3v) is 2.46. The summed E-state index contributed by atoms with van der Waals surface area (Å²) >= 11 is 1.65. The predicted octanol–water partition coefficient (Wildman–Crippen LogP) is 2.08. The minimum absolute atomic E-state index is 0.0627. The van der Waals surface area contributed by atoms with Crippen LogP contribution in [0.1, 0.15) is 17.7 Å². The number of rotatable bonds is 1. The number of alkyl halides is 2. The number of nitrogen functional groups attached to an aromatic ring is 1. The zero-order valence-corrected chi connectivity index (χ0v) is 8.42. The second kappa shape index (κ2) is 3.83. The normalized spacial score (nSPS) is 10.1. The molecule has 0 atom stereocenters. The number of aromatic nitrogens is 1. The fraction of sp³-hybridized carbons (Fsp3) is 0.143. The lowest BCUT2D eigenvalue weighted by Gasteiger charge is -2.04. The zero-order valence-electron chi connectivity index (χ0n) is 6.26. The summed E-state index contributed by atoms with van der Waals surface area (Å²) in [6.07, 6.45) is -2.71. The van der Waals surface area contributed by atoms with Gasteiger partial charge in [-0.15, -0.1) is 0 Å². The van der Waals surface area contributed by atoms with Crippen LogP contribution in [0.2, 0.25) is 0 Å². The molecule has 0 amide bonds. The lowest BCUT2D eigenvalue weighted by molar-refractivity contribution is 0.145. The van der Waals surface area contributed by atoms with Crippen LogP contribution in [0.25, 0.3) is 0 Å². The Bertz CT molecular complexity index is 373. The number of pyridine rings is 1. The Morgan fingerprint density at radius 2 is 2.23 bits per heavy atom. The van der Waals surface area contributed by atoms with Gasteiger partial charge >= 0.3 is 0 Å². The molecule has 13 heavy (non-hydrogen) atoms. The maximum atomic E-state index is 12.3. The molecule has 0 bridgehead atoms. The van der Waals surface area contributed by atoms with Crippen molar-refractivity contribution in [1.29, 1.82) is 5.26 Å². The third kappa shape index (κ3) is 2.03. The Hall–Kier alpha value is -0.970. The molecule has 68 valence electrons. The predicted molar refractivity (Wildman–Crippen MR) is 51.0 cm³/mol. The number of hydrogen-bond donors (Lipinski definition) is 1. The molecular weight excluding hydrogens is 291 g/mol. The molecule has 0 radical (unpaired) electrons. The van der Waals surface area contributed by atoms with Gasteiger partial charge in [0.2, 0.25) is 0 Å². The van der Waals surface area contributed by atoms with E-state index in [1.807, 2.05) is 0 Å². The second-order valence-corrected chi connectivity index (χ2v) is 3.29. The molecule has 0 aromatic carbocycles. The van der Waals surface area contributed by atoms with Crippen molar-refractivity contribution in [2.75, 3.05) is 5.73 Å². The molecule has 1 rings (SSSR count). The van der Waals surface area contributed by atoms with Gasteiger partial charge in [0.05, 0.1) is 9.13 Å². The number of nitrogens with two attached hydrogens (primary N) is 1. The summed E-state index contributed by atoms with van der Waals surface area (Å²) in [7, 11) is 0. The van der Waals surface area contributed by atoms with Crippen LogP contribution < -0.4 is 5.73 Å². The van der Waals surface area contributed by atoms with Gasteiger partial charge in [-0.2, -0.15) is 5.26 Å². The van der Waals surface area contributed by atoms with Gasteiger partial charge in [-0.25, -0.2) is 13.8 Å². The molecule has 0 spiro atoms. The Kier molecular flexibility index (Phi) is 2.98. The first-order valence-corrected chi connectivity index (χ1v) is 4.28. The van der Waals surface area contributed by atoms with Gasteiger partial charge in [-0.3, -0.25) is 0 Å². The summed E-state index contributed by atoms with van der Waals surface area (Å²) < 4.78 is 24.7. The highest BCUT2D eigenvalue weighted by Crippen LogP contribution is 2.26. The summed E-state index contributed by atoms with van der Waals surface area (Å²) in [5.41, 5.74) is 4.94. The van der Waals surface area contributed by atoms with Gasteiger partial charge in [-0.1, -0.05) is 0 Å². The number of nitriles is 1. The van der Waals surface area contributed by atoms with Crippen molar-refractivity contribution in [1.82, 2.24) is 4.98 Å². The van der Waals surface area contributed by atoms with E-state index in [-0.39, 0.29) is 15.0 Å². The molecule has 0 aliphatic carbocycles. The van der Waals surface area contributed by atoms with Crippen molar-refractivity contribution in [3.63, 3.8) is 0 Å². The van der Waals surface area contributed by atoms with Gasteiger partial charge in [0.15, 0.2) is 0 Å². The highest BCUT2D eigenvalue weighted by molar-refractivity contribution is 14.1. The minimum atomic E-state index is -2.71. The van der Waals surface area contributed by atoms with E-state index in [9.17, 15) is 8.78 Å². The molecule has 0 saturated heterocycles. The van der Waals surface area contributed by atoms with E-state index in [1.165, 1.54) is 6.07 Å². The van der Waals surface area contributed by atoms with E-state index in [0.717, 1.165) is 0 Å². The molecule has 1 aromatic rings. The monoisotopic (exact) mass is 295 g/mol. The number of nitrogens with zero attached hydrogens (tertiary/aromatic N) is 2. The van der Waals surface area contributed by atoms with Crippen molar-refractivity contribution in [2.45, 2.75) is 6.43 Å². The van der Waals surface area contributed by atoms with Crippen molar-refractivity contribution < 1.29 is 8.78 Å². The fourth-order valence-corrected chi connectivity index (χ4v) is 1.43. The summed E-state index contributed by atoms with van der Waals surface area (Å²) in [5, 5.41) is 8.57. The summed E-state index contributed by atoms with van der Waals surface area (Å²) in [4.78, 5) is 3.45. The van der Waals surface area contributed by atoms with E-state index in [0.29, 0.717) is 0 Å². The van der Waals surface area contributed by atoms with Crippen LogP contribution in [0.3, 0.4) is 0 Å². The van der Waals surface area contributed by atoms with Gasteiger partial charge in [0.25, 0.3) is 6.43 Å². The maximum Gasteiger partial charge on any atom is 0.281 e. The molecule has 6 heteroatoms. The average molecular weight is 295 g/mol. The molecular formula is C7H4F2IN3. The van der Waals surface area contributed by atoms with E-state index in [1.54, 1.807) is 28.7 Å². The SMILES string of the molecule is N#Cc1cc(N)nc(C(F)F)c1I. The molecule has 3 nitrogen and oxygen atoms in total. The first-order valence-electron chi connectivity index (χ1n) is 3.20. The van der Waals surface area contributed by atoms with Crippen LogP contribution >= 0.6 is 22.6 Å². The van der Waals surface area contributed by atoms with Gasteiger partial charge in [0.1, 0.15) is 17.6 Å². The van der Waals surface area contributed by atoms with Crippen molar-refractivity contribution in [2.24, 2.45) is 0 Å². The quantitative estimate of drug-likeness (QED) is 0.807. The highest BCUT2D eigenvalue weighted by Gasteiger charge is 2.17. The lowest BCUT2D eigenvalue weighted by Crippen LogP contribution is -2.01. The Balaban J connectivity index is 3.38. The third-order valence-electron chi connectivity index (χ3n) is 1.33. The Morgan fingerprint density at radius 1 is 1.62 bits per heavy atom. The van der Waals surface area contributed by atoms with Crippen LogP contribution in [0.5, 0.6) is 0 Å². The number of halogens is 3. The molecule has 0 aliphatic rings. The van der Waals surface area contributed by atoms with Gasteiger partial charge < -0.3 is 5.73 Å². The van der Waals surface area contributed by atoms with Crippen molar-refractivity contribution in [3.8, 4) is 6.07 Å². The lowest BCUT2D eigenvalue weighted by atomic mass is 10.2. The van der Waals surface area contributed by atoms with Crippen LogP contribution in [0.4, 0.5) is 14.6 Å². The fourth-order valence-electron chi connectivity index (χ4n) is 0.796. The van der Waals surface area contributed by atoms with Gasteiger partial charge in [-0.05, 0) is 28.7 Å². The topological polar surface area (TPSA) is 62.7 Å². The molecule has 2 N–H and O–H groups in total. The van der Waals surface area contributed by atoms with Crippen LogP contribution in [0.15, 0.2) is 6.07 Å². The average Bonchev–Trinajstić information content (AvgIpc) is 2.08. The molecule has 0 fully saturated rings. The second-order valence-electron chi connectivity index (χ2n) is 2.21. The van der Waals surface area contributed by atoms with Crippen LogP contribution in [0, 0.1) is 14.9 Å². The summed E-state index contributed by atoms with van der Waals surface area (Å²) in [6.45, 7) is 0. The number of hydrogen-bond acceptors (Lipinski definition) is 3. The minimum Gasteiger partial charge on any atom is -0.384 e. The van der Waals surface area contributed by atoms with Crippen LogP contribution in [-0.4, -0.2) is 4.98 Å². The zero-order chi connectivity index (χ0) is 10.0. The van der Waals surface area contributed by atoms with E-state index < -0.39 is 12.1 Å². The molecule has 0 saturated carbocycles. The molecule has 0 unspecified atom stereocenters. The highest BCUT2D eigenvalue weighted by atomic mass is 127. The number of anilines is 1. The van der Waals surface area contributed by atoms with Crippen molar-refractivity contribution >= 4 is 28.4 Å². The van der Waals surface area contributed by atoms with E-state index in [2.05, 4.69) is 4.98 Å². The summed E-state index contributed by atoms with van der Waals surface area (Å²) in [5.74, 6) is -0.0627. The van der Waals surface area contributed by atoms with E-state index >= 15 is 0 Å². The molecule has 1 heterocycles.